The van der Waals surface area contributed by atoms with Gasteiger partial charge in [-0.25, -0.2) is 0 Å². The Morgan fingerprint density at radius 3 is 2.89 bits per heavy atom. The Morgan fingerprint density at radius 1 is 1.32 bits per heavy atom. The lowest BCUT2D eigenvalue weighted by Crippen LogP contribution is -2.38. The summed E-state index contributed by atoms with van der Waals surface area (Å²) in [6, 6.07) is 6.15. The molecule has 2 aromatic rings. The monoisotopic (exact) mass is 257 g/mol. The molecule has 4 nitrogen and oxygen atoms in total. The van der Waals surface area contributed by atoms with E-state index in [0.29, 0.717) is 6.04 Å². The molecule has 0 atom stereocenters. The molecule has 100 valence electrons. The summed E-state index contributed by atoms with van der Waals surface area (Å²) < 4.78 is 0. The number of carbonyl (C=O) groups excluding carboxylic acids is 1. The molecule has 3 rings (SSSR count). The van der Waals surface area contributed by atoms with E-state index in [9.17, 15) is 4.79 Å². The maximum absolute atomic E-state index is 12.6. The predicted molar refractivity (Wildman–Crippen MR) is 75.1 cm³/mol. The SMILES string of the molecule is CN(C(=O)c1cccc2cn[nH]c12)C1CCCCC1. The molecule has 1 N–H and O–H groups in total. The highest BCUT2D eigenvalue weighted by Crippen LogP contribution is 2.24. The third-order valence-electron chi connectivity index (χ3n) is 4.15. The van der Waals surface area contributed by atoms with Crippen LogP contribution in [0.15, 0.2) is 24.4 Å². The minimum absolute atomic E-state index is 0.0988. The summed E-state index contributed by atoms with van der Waals surface area (Å²) >= 11 is 0. The van der Waals surface area contributed by atoms with Crippen molar-refractivity contribution in [3.05, 3.63) is 30.0 Å². The minimum Gasteiger partial charge on any atom is -0.339 e. The molecule has 1 aromatic heterocycles. The molecule has 1 heterocycles. The number of aromatic amines is 1. The highest BCUT2D eigenvalue weighted by atomic mass is 16.2. The predicted octanol–water partition coefficient (Wildman–Crippen LogP) is 2.97. The Labute approximate surface area is 112 Å². The molecule has 1 aromatic carbocycles. The number of rotatable bonds is 2. The Bertz CT molecular complexity index is 584. The van der Waals surface area contributed by atoms with Gasteiger partial charge in [-0.15, -0.1) is 0 Å². The fourth-order valence-corrected chi connectivity index (χ4v) is 2.97. The van der Waals surface area contributed by atoms with Crippen LogP contribution in [-0.2, 0) is 0 Å². The number of carbonyl (C=O) groups is 1. The van der Waals surface area contributed by atoms with Gasteiger partial charge >= 0.3 is 0 Å². The van der Waals surface area contributed by atoms with Gasteiger partial charge in [0.15, 0.2) is 0 Å². The summed E-state index contributed by atoms with van der Waals surface area (Å²) in [6.07, 6.45) is 7.77. The molecule has 1 amide bonds. The van der Waals surface area contributed by atoms with Crippen LogP contribution in [-0.4, -0.2) is 34.1 Å². The Morgan fingerprint density at radius 2 is 2.11 bits per heavy atom. The summed E-state index contributed by atoms with van der Waals surface area (Å²) in [5.74, 6) is 0.0988. The maximum Gasteiger partial charge on any atom is 0.256 e. The van der Waals surface area contributed by atoms with Crippen LogP contribution >= 0.6 is 0 Å². The van der Waals surface area contributed by atoms with Gasteiger partial charge < -0.3 is 4.90 Å². The minimum atomic E-state index is 0.0988. The van der Waals surface area contributed by atoms with Crippen LogP contribution in [0, 0.1) is 0 Å². The van der Waals surface area contributed by atoms with Crippen LogP contribution in [0.1, 0.15) is 42.5 Å². The molecule has 19 heavy (non-hydrogen) atoms. The van der Waals surface area contributed by atoms with E-state index >= 15 is 0 Å². The fourth-order valence-electron chi connectivity index (χ4n) is 2.97. The van der Waals surface area contributed by atoms with Gasteiger partial charge in [0.05, 0.1) is 17.3 Å². The lowest BCUT2D eigenvalue weighted by molar-refractivity contribution is 0.0698. The molecule has 0 radical (unpaired) electrons. The number of aromatic nitrogens is 2. The zero-order chi connectivity index (χ0) is 13.2. The number of amides is 1. The quantitative estimate of drug-likeness (QED) is 0.899. The molecular weight excluding hydrogens is 238 g/mol. The van der Waals surface area contributed by atoms with Crippen LogP contribution < -0.4 is 0 Å². The summed E-state index contributed by atoms with van der Waals surface area (Å²) in [6.45, 7) is 0. The molecular formula is C15H19N3O. The van der Waals surface area contributed by atoms with E-state index in [1.165, 1.54) is 19.3 Å². The molecule has 0 saturated heterocycles. The van der Waals surface area contributed by atoms with E-state index in [0.717, 1.165) is 29.3 Å². The normalized spacial score (nSPS) is 16.7. The van der Waals surface area contributed by atoms with Gasteiger partial charge in [0.25, 0.3) is 5.91 Å². The molecule has 1 saturated carbocycles. The zero-order valence-corrected chi connectivity index (χ0v) is 11.2. The first kappa shape index (κ1) is 12.2. The number of nitrogens with one attached hydrogen (secondary N) is 1. The summed E-state index contributed by atoms with van der Waals surface area (Å²) in [4.78, 5) is 14.5. The second-order valence-electron chi connectivity index (χ2n) is 5.35. The highest BCUT2D eigenvalue weighted by Gasteiger charge is 2.24. The molecule has 0 bridgehead atoms. The lowest BCUT2D eigenvalue weighted by Gasteiger charge is -2.31. The van der Waals surface area contributed by atoms with E-state index < -0.39 is 0 Å². The van der Waals surface area contributed by atoms with Crippen LogP contribution in [0.3, 0.4) is 0 Å². The van der Waals surface area contributed by atoms with Crippen LogP contribution in [0.2, 0.25) is 0 Å². The molecule has 0 spiro atoms. The number of para-hydroxylation sites is 1. The van der Waals surface area contributed by atoms with Gasteiger partial charge in [-0.05, 0) is 18.9 Å². The number of fused-ring (bicyclic) bond motifs is 1. The van der Waals surface area contributed by atoms with Gasteiger partial charge in [0, 0.05) is 18.5 Å². The van der Waals surface area contributed by atoms with Gasteiger partial charge in [-0.3, -0.25) is 9.89 Å². The Kier molecular flexibility index (Phi) is 3.23. The Hall–Kier alpha value is -1.84. The van der Waals surface area contributed by atoms with Crippen molar-refractivity contribution in [3.63, 3.8) is 0 Å². The van der Waals surface area contributed by atoms with Crippen molar-refractivity contribution in [2.45, 2.75) is 38.1 Å². The van der Waals surface area contributed by atoms with E-state index in [1.54, 1.807) is 6.20 Å². The Balaban J connectivity index is 1.88. The second kappa shape index (κ2) is 5.03. The average Bonchev–Trinajstić information content (AvgIpc) is 2.95. The highest BCUT2D eigenvalue weighted by molar-refractivity contribution is 6.05. The van der Waals surface area contributed by atoms with Crippen LogP contribution in [0.5, 0.6) is 0 Å². The van der Waals surface area contributed by atoms with Gasteiger partial charge in [0.2, 0.25) is 0 Å². The summed E-state index contributed by atoms with van der Waals surface area (Å²) in [7, 11) is 1.92. The number of hydrogen-bond acceptors (Lipinski definition) is 2. The van der Waals surface area contributed by atoms with Crippen molar-refractivity contribution >= 4 is 16.8 Å². The van der Waals surface area contributed by atoms with Crippen molar-refractivity contribution < 1.29 is 4.79 Å². The van der Waals surface area contributed by atoms with Crippen molar-refractivity contribution in [3.8, 4) is 0 Å². The molecule has 1 aliphatic carbocycles. The summed E-state index contributed by atoms with van der Waals surface area (Å²) in [5.41, 5.74) is 1.57. The topological polar surface area (TPSA) is 49.0 Å². The number of hydrogen-bond donors (Lipinski definition) is 1. The third-order valence-corrected chi connectivity index (χ3v) is 4.15. The number of H-pyrrole nitrogens is 1. The van der Waals surface area contributed by atoms with Gasteiger partial charge in [0.1, 0.15) is 0 Å². The third kappa shape index (κ3) is 2.23. The van der Waals surface area contributed by atoms with E-state index in [-0.39, 0.29) is 5.91 Å². The first-order chi connectivity index (χ1) is 9.27. The van der Waals surface area contributed by atoms with Crippen molar-refractivity contribution in [1.82, 2.24) is 15.1 Å². The standard InChI is InChI=1S/C15H19N3O/c1-18(12-7-3-2-4-8-12)15(19)13-9-5-6-11-10-16-17-14(11)13/h5-6,9-10,12H,2-4,7-8H2,1H3,(H,16,17). The number of nitrogens with zero attached hydrogens (tertiary/aromatic N) is 2. The second-order valence-corrected chi connectivity index (χ2v) is 5.35. The summed E-state index contributed by atoms with van der Waals surface area (Å²) in [5, 5.41) is 7.94. The van der Waals surface area contributed by atoms with Crippen LogP contribution in [0.4, 0.5) is 0 Å². The molecule has 4 heteroatoms. The first-order valence-corrected chi connectivity index (χ1v) is 6.96. The molecule has 0 aliphatic heterocycles. The number of benzene rings is 1. The maximum atomic E-state index is 12.6. The van der Waals surface area contributed by atoms with Crippen molar-refractivity contribution in [2.24, 2.45) is 0 Å². The van der Waals surface area contributed by atoms with E-state index in [4.69, 9.17) is 0 Å². The van der Waals surface area contributed by atoms with E-state index in [1.807, 2.05) is 30.1 Å². The molecule has 1 aliphatic rings. The average molecular weight is 257 g/mol. The van der Waals surface area contributed by atoms with E-state index in [2.05, 4.69) is 10.2 Å². The van der Waals surface area contributed by atoms with Crippen molar-refractivity contribution in [2.75, 3.05) is 7.05 Å². The smallest absolute Gasteiger partial charge is 0.256 e. The van der Waals surface area contributed by atoms with Crippen molar-refractivity contribution in [1.29, 1.82) is 0 Å². The van der Waals surface area contributed by atoms with Gasteiger partial charge in [-0.1, -0.05) is 31.4 Å². The largest absolute Gasteiger partial charge is 0.339 e. The molecule has 1 fully saturated rings. The van der Waals surface area contributed by atoms with Gasteiger partial charge in [-0.2, -0.15) is 5.10 Å². The lowest BCUT2D eigenvalue weighted by atomic mass is 9.94. The fraction of sp³-hybridized carbons (Fsp3) is 0.467. The zero-order valence-electron chi connectivity index (χ0n) is 11.2. The molecule has 0 unspecified atom stereocenters. The first-order valence-electron chi connectivity index (χ1n) is 6.96. The van der Waals surface area contributed by atoms with Crippen LogP contribution in [0.25, 0.3) is 10.9 Å².